The van der Waals surface area contributed by atoms with Crippen molar-refractivity contribution in [1.29, 1.82) is 0 Å². The smallest absolute Gasteiger partial charge is 0.112 e. The van der Waals surface area contributed by atoms with E-state index in [1.807, 2.05) is 21.1 Å². The Bertz CT molecular complexity index is 508. The lowest BCUT2D eigenvalue weighted by atomic mass is 9.80. The Balaban J connectivity index is 0.00000288. The molecule has 2 rings (SSSR count). The fraction of sp³-hybridized carbons (Fsp3) is 0.722. The van der Waals surface area contributed by atoms with Gasteiger partial charge in [0, 0.05) is 17.7 Å². The molecule has 5 nitrogen and oxygen atoms in total. The van der Waals surface area contributed by atoms with Gasteiger partial charge < -0.3 is 10.4 Å². The van der Waals surface area contributed by atoms with E-state index >= 15 is 0 Å². The van der Waals surface area contributed by atoms with Crippen LogP contribution in [0.3, 0.4) is 0 Å². The molecule has 2 unspecified atom stereocenters. The Morgan fingerprint density at radius 1 is 1.17 bits per heavy atom. The molecule has 24 heavy (non-hydrogen) atoms. The van der Waals surface area contributed by atoms with Crippen molar-refractivity contribution >= 4 is 12.4 Å². The summed E-state index contributed by atoms with van der Waals surface area (Å²) in [7, 11) is 5.72. The zero-order valence-electron chi connectivity index (χ0n) is 15.4. The fourth-order valence-electron chi connectivity index (χ4n) is 3.55. The molecule has 0 saturated carbocycles. The molecule has 4 N–H and O–H groups in total. The number of aryl methyl sites for hydroxylation is 1. The lowest BCUT2D eigenvalue weighted by Crippen LogP contribution is -2.61. The number of likely N-dealkylation sites (N-methyl/N-ethyl adjacent to an activating group) is 2. The molecule has 1 heterocycles. The summed E-state index contributed by atoms with van der Waals surface area (Å²) < 4.78 is 0. The van der Waals surface area contributed by atoms with Gasteiger partial charge in [0.1, 0.15) is 11.8 Å². The van der Waals surface area contributed by atoms with Crippen LogP contribution in [0.15, 0.2) is 12.1 Å². The van der Waals surface area contributed by atoms with Gasteiger partial charge in [0.05, 0.1) is 11.7 Å². The number of aliphatic hydroxyl groups excluding tert-OH is 1. The number of hydrogen-bond acceptors (Lipinski definition) is 5. The maximum absolute atomic E-state index is 10.8. The highest BCUT2D eigenvalue weighted by atomic mass is 35.5. The molecule has 1 aliphatic carbocycles. The van der Waals surface area contributed by atoms with E-state index in [0.29, 0.717) is 0 Å². The van der Waals surface area contributed by atoms with Crippen molar-refractivity contribution in [3.63, 3.8) is 0 Å². The number of hydrogen-bond donors (Lipinski definition) is 4. The maximum atomic E-state index is 10.8. The molecule has 0 spiro atoms. The molecule has 0 aromatic carbocycles. The van der Waals surface area contributed by atoms with Gasteiger partial charge in [0.15, 0.2) is 0 Å². The fourth-order valence-corrected chi connectivity index (χ4v) is 3.55. The zero-order valence-corrected chi connectivity index (χ0v) is 16.2. The highest BCUT2D eigenvalue weighted by Gasteiger charge is 2.44. The van der Waals surface area contributed by atoms with Crippen molar-refractivity contribution in [1.82, 2.24) is 20.9 Å². The second-order valence-electron chi connectivity index (χ2n) is 6.51. The highest BCUT2D eigenvalue weighted by Crippen LogP contribution is 2.40. The number of halogens is 1. The predicted molar refractivity (Wildman–Crippen MR) is 102 cm³/mol. The van der Waals surface area contributed by atoms with Crippen LogP contribution in [0.25, 0.3) is 0 Å². The number of aromatic nitrogens is 1. The van der Waals surface area contributed by atoms with Crippen LogP contribution in [0, 0.1) is 0 Å². The van der Waals surface area contributed by atoms with Gasteiger partial charge >= 0.3 is 0 Å². The number of unbranched alkanes of at least 4 members (excludes halogenated alkanes) is 3. The first kappa shape index (κ1) is 21.3. The molecule has 0 bridgehead atoms. The normalized spacial score (nSPS) is 21.9. The van der Waals surface area contributed by atoms with Crippen molar-refractivity contribution < 1.29 is 5.11 Å². The standard InChI is InChI=1S/C18H32N4O.ClH/c1-5-6-7-8-9-13-10-11-14-16(22-13)15(19-2)12-18(20-3,21-4)17(14)23;/h10-11,15,17,19-21,23H,5-9,12H2,1-4H3;1H. The molecule has 138 valence electrons. The van der Waals surface area contributed by atoms with Gasteiger partial charge in [-0.15, -0.1) is 12.4 Å². The summed E-state index contributed by atoms with van der Waals surface area (Å²) in [6.07, 6.45) is 6.13. The van der Waals surface area contributed by atoms with Crippen molar-refractivity contribution in [2.24, 2.45) is 0 Å². The number of pyridine rings is 1. The minimum Gasteiger partial charge on any atom is -0.385 e. The van der Waals surface area contributed by atoms with E-state index in [9.17, 15) is 5.11 Å². The SMILES string of the molecule is CCCCCCc1ccc2c(n1)C(NC)CC(NC)(NC)C2O.Cl. The van der Waals surface area contributed by atoms with Gasteiger partial charge in [0.25, 0.3) is 0 Å². The van der Waals surface area contributed by atoms with E-state index in [1.54, 1.807) is 0 Å². The highest BCUT2D eigenvalue weighted by molar-refractivity contribution is 5.85. The number of aliphatic hydroxyl groups is 1. The first-order valence-electron chi connectivity index (χ1n) is 8.84. The summed E-state index contributed by atoms with van der Waals surface area (Å²) in [6.45, 7) is 2.23. The molecule has 2 atom stereocenters. The van der Waals surface area contributed by atoms with Gasteiger partial charge in [-0.25, -0.2) is 0 Å². The quantitative estimate of drug-likeness (QED) is 0.425. The predicted octanol–water partition coefficient (Wildman–Crippen LogP) is 2.46. The van der Waals surface area contributed by atoms with E-state index in [1.165, 1.54) is 25.7 Å². The molecule has 6 heteroatoms. The molecular formula is C18H33ClN4O. The summed E-state index contributed by atoms with van der Waals surface area (Å²) in [5.74, 6) is 0. The van der Waals surface area contributed by atoms with Crippen molar-refractivity contribution in [2.75, 3.05) is 21.1 Å². The Labute approximate surface area is 152 Å². The topological polar surface area (TPSA) is 69.2 Å². The number of fused-ring (bicyclic) bond motifs is 1. The van der Waals surface area contributed by atoms with Crippen LogP contribution in [-0.2, 0) is 6.42 Å². The first-order valence-corrected chi connectivity index (χ1v) is 8.84. The van der Waals surface area contributed by atoms with Crippen LogP contribution >= 0.6 is 12.4 Å². The summed E-state index contributed by atoms with van der Waals surface area (Å²) in [5.41, 5.74) is 2.52. The van der Waals surface area contributed by atoms with Crippen LogP contribution in [0.2, 0.25) is 0 Å². The van der Waals surface area contributed by atoms with Gasteiger partial charge in [-0.1, -0.05) is 32.3 Å². The second-order valence-corrected chi connectivity index (χ2v) is 6.51. The van der Waals surface area contributed by atoms with Crippen LogP contribution in [0.4, 0.5) is 0 Å². The van der Waals surface area contributed by atoms with Gasteiger partial charge in [0.2, 0.25) is 0 Å². The van der Waals surface area contributed by atoms with Crippen LogP contribution in [0.1, 0.15) is 68.1 Å². The van der Waals surface area contributed by atoms with Gasteiger partial charge in [-0.2, -0.15) is 0 Å². The molecule has 0 amide bonds. The van der Waals surface area contributed by atoms with E-state index in [-0.39, 0.29) is 18.4 Å². The molecule has 0 saturated heterocycles. The zero-order chi connectivity index (χ0) is 16.9. The minimum absolute atomic E-state index is 0. The van der Waals surface area contributed by atoms with Crippen molar-refractivity contribution in [3.8, 4) is 0 Å². The summed E-state index contributed by atoms with van der Waals surface area (Å²) in [4.78, 5) is 4.87. The largest absolute Gasteiger partial charge is 0.385 e. The number of nitrogens with zero attached hydrogens (tertiary/aromatic N) is 1. The molecule has 1 aromatic rings. The maximum Gasteiger partial charge on any atom is 0.112 e. The monoisotopic (exact) mass is 356 g/mol. The Kier molecular flexibility index (Phi) is 8.60. The van der Waals surface area contributed by atoms with Crippen molar-refractivity contribution in [3.05, 3.63) is 29.1 Å². The molecule has 1 aliphatic rings. The lowest BCUT2D eigenvalue weighted by molar-refractivity contribution is 0.0189. The Morgan fingerprint density at radius 3 is 2.46 bits per heavy atom. The Hall–Kier alpha value is -0.720. The van der Waals surface area contributed by atoms with Gasteiger partial charge in [-0.05, 0) is 40.1 Å². The van der Waals surface area contributed by atoms with Crippen LogP contribution < -0.4 is 16.0 Å². The molecule has 0 aliphatic heterocycles. The minimum atomic E-state index is -0.612. The molecule has 0 fully saturated rings. The Morgan fingerprint density at radius 2 is 1.88 bits per heavy atom. The van der Waals surface area contributed by atoms with Crippen LogP contribution in [0.5, 0.6) is 0 Å². The van der Waals surface area contributed by atoms with Crippen LogP contribution in [-0.4, -0.2) is 36.9 Å². The van der Waals surface area contributed by atoms with E-state index in [0.717, 1.165) is 29.8 Å². The van der Waals surface area contributed by atoms with E-state index < -0.39 is 11.8 Å². The third-order valence-electron chi connectivity index (χ3n) is 5.16. The lowest BCUT2D eigenvalue weighted by Gasteiger charge is -2.45. The summed E-state index contributed by atoms with van der Waals surface area (Å²) >= 11 is 0. The average Bonchev–Trinajstić information content (AvgIpc) is 2.59. The summed E-state index contributed by atoms with van der Waals surface area (Å²) in [5, 5.41) is 20.7. The molecule has 0 radical (unpaired) electrons. The number of nitrogens with one attached hydrogen (secondary N) is 3. The average molecular weight is 357 g/mol. The third kappa shape index (κ3) is 4.27. The third-order valence-corrected chi connectivity index (χ3v) is 5.16. The molecular weight excluding hydrogens is 324 g/mol. The summed E-state index contributed by atoms with van der Waals surface area (Å²) in [6, 6.07) is 4.25. The second kappa shape index (κ2) is 9.68. The first-order chi connectivity index (χ1) is 11.1. The molecule has 1 aromatic heterocycles. The van der Waals surface area contributed by atoms with Gasteiger partial charge in [-0.3, -0.25) is 15.6 Å². The van der Waals surface area contributed by atoms with E-state index in [4.69, 9.17) is 4.98 Å². The van der Waals surface area contributed by atoms with E-state index in [2.05, 4.69) is 35.0 Å². The van der Waals surface area contributed by atoms with Crippen molar-refractivity contribution in [2.45, 2.75) is 63.3 Å². The number of rotatable bonds is 8.